The Morgan fingerprint density at radius 2 is 1.36 bits per heavy atom. The van der Waals surface area contributed by atoms with Crippen LogP contribution in [0.1, 0.15) is 45.2 Å². The van der Waals surface area contributed by atoms with Crippen LogP contribution in [0.2, 0.25) is 5.02 Å². The molecular formula is C29H22ClNO5. The molecule has 0 aromatic heterocycles. The molecule has 5 rings (SSSR count). The average molecular weight is 500 g/mol. The minimum atomic E-state index is -1.17. The van der Waals surface area contributed by atoms with Crippen molar-refractivity contribution in [3.63, 3.8) is 0 Å². The first-order valence-corrected chi connectivity index (χ1v) is 12.0. The van der Waals surface area contributed by atoms with Crippen molar-refractivity contribution in [3.8, 4) is 0 Å². The van der Waals surface area contributed by atoms with Gasteiger partial charge >= 0.3 is 5.97 Å². The molecular weight excluding hydrogens is 478 g/mol. The number of ether oxygens (including phenoxy) is 1. The van der Waals surface area contributed by atoms with Gasteiger partial charge in [-0.05, 0) is 49.2 Å². The van der Waals surface area contributed by atoms with E-state index >= 15 is 0 Å². The first-order valence-electron chi connectivity index (χ1n) is 11.6. The van der Waals surface area contributed by atoms with E-state index in [9.17, 15) is 19.2 Å². The largest absolute Gasteiger partial charge is 0.445 e. The third-order valence-electron chi connectivity index (χ3n) is 6.56. The lowest BCUT2D eigenvalue weighted by atomic mass is 9.85. The van der Waals surface area contributed by atoms with E-state index in [-0.39, 0.29) is 35.0 Å². The highest BCUT2D eigenvalue weighted by atomic mass is 35.5. The summed E-state index contributed by atoms with van der Waals surface area (Å²) in [5.74, 6) is -2.19. The molecule has 36 heavy (non-hydrogen) atoms. The number of nitrogens with zero attached hydrogens (tertiary/aromatic N) is 1. The predicted octanol–water partition coefficient (Wildman–Crippen LogP) is 5.58. The van der Waals surface area contributed by atoms with Crippen molar-refractivity contribution in [1.82, 2.24) is 0 Å². The molecule has 0 unspecified atom stereocenters. The van der Waals surface area contributed by atoms with Crippen LogP contribution in [-0.2, 0) is 14.3 Å². The van der Waals surface area contributed by atoms with E-state index in [0.29, 0.717) is 34.7 Å². The zero-order valence-corrected chi connectivity index (χ0v) is 19.9. The Hall–Kier alpha value is -4.03. The third kappa shape index (κ3) is 4.48. The van der Waals surface area contributed by atoms with E-state index in [1.807, 2.05) is 12.2 Å². The summed E-state index contributed by atoms with van der Waals surface area (Å²) in [6.07, 6.45) is 3.80. The number of carbonyl (C=O) groups is 4. The van der Waals surface area contributed by atoms with Gasteiger partial charge in [0.25, 0.3) is 0 Å². The molecule has 0 saturated carbocycles. The number of carbonyl (C=O) groups excluding carboxylic acids is 4. The van der Waals surface area contributed by atoms with Crippen LogP contribution >= 0.6 is 11.6 Å². The Labute approximate surface area is 213 Å². The number of imide groups is 1. The highest BCUT2D eigenvalue weighted by Gasteiger charge is 2.47. The number of Topliss-reactive ketones (excluding diaryl/α,β-unsaturated/α-hetero) is 1. The second kappa shape index (κ2) is 9.91. The summed E-state index contributed by atoms with van der Waals surface area (Å²) in [4.78, 5) is 53.1. The molecule has 2 amide bonds. The molecule has 3 aromatic rings. The first-order chi connectivity index (χ1) is 17.4. The van der Waals surface area contributed by atoms with Gasteiger partial charge in [-0.3, -0.25) is 19.3 Å². The summed E-state index contributed by atoms with van der Waals surface area (Å²) in [7, 11) is 0. The van der Waals surface area contributed by atoms with Crippen LogP contribution in [0.5, 0.6) is 0 Å². The van der Waals surface area contributed by atoms with Gasteiger partial charge in [-0.25, -0.2) is 4.79 Å². The van der Waals surface area contributed by atoms with Gasteiger partial charge in [0, 0.05) is 16.1 Å². The van der Waals surface area contributed by atoms with Crippen LogP contribution in [0.25, 0.3) is 0 Å². The normalized spacial score (nSPS) is 19.6. The van der Waals surface area contributed by atoms with E-state index in [1.54, 1.807) is 66.7 Å². The average Bonchev–Trinajstić information content (AvgIpc) is 3.17. The molecule has 0 spiro atoms. The molecule has 2 aliphatic rings. The van der Waals surface area contributed by atoms with Crippen LogP contribution in [0.4, 0.5) is 5.69 Å². The van der Waals surface area contributed by atoms with E-state index < -0.39 is 12.1 Å². The molecule has 0 bridgehead atoms. The lowest BCUT2D eigenvalue weighted by Crippen LogP contribution is -2.30. The van der Waals surface area contributed by atoms with Gasteiger partial charge in [0.05, 0.1) is 23.1 Å². The van der Waals surface area contributed by atoms with Crippen molar-refractivity contribution >= 4 is 40.9 Å². The minimum Gasteiger partial charge on any atom is -0.445 e. The molecule has 0 radical (unpaired) electrons. The Bertz CT molecular complexity index is 1320. The van der Waals surface area contributed by atoms with Crippen LogP contribution in [0.15, 0.2) is 91.0 Å². The Morgan fingerprint density at radius 3 is 1.94 bits per heavy atom. The van der Waals surface area contributed by atoms with Crippen molar-refractivity contribution in [3.05, 3.63) is 113 Å². The quantitative estimate of drug-likeness (QED) is 0.191. The predicted molar refractivity (Wildman–Crippen MR) is 135 cm³/mol. The number of esters is 1. The molecule has 1 fully saturated rings. The van der Waals surface area contributed by atoms with Gasteiger partial charge < -0.3 is 4.74 Å². The summed E-state index contributed by atoms with van der Waals surface area (Å²) in [5.41, 5.74) is 1.49. The number of rotatable bonds is 6. The number of hydrogen-bond acceptors (Lipinski definition) is 5. The van der Waals surface area contributed by atoms with Gasteiger partial charge in [-0.2, -0.15) is 0 Å². The van der Waals surface area contributed by atoms with Gasteiger partial charge in [-0.1, -0.05) is 66.2 Å². The minimum absolute atomic E-state index is 0.191. The standard InChI is InChI=1S/C29H22ClNO5/c30-21-14-10-19(11-15-21)26(25(32)18-6-2-1-3-7-18)36-29(35)20-12-16-22(17-13-20)31-27(33)23-8-4-5-9-24(23)28(31)34/h1-7,10-17,23-24,26H,8-9H2/t23-,24+,26-/m0/s1. The molecule has 7 heteroatoms. The molecule has 1 saturated heterocycles. The van der Waals surface area contributed by atoms with Crippen LogP contribution in [0.3, 0.4) is 0 Å². The smallest absolute Gasteiger partial charge is 0.339 e. The fraction of sp³-hybridized carbons (Fsp3) is 0.172. The second-order valence-electron chi connectivity index (χ2n) is 8.78. The molecule has 3 atom stereocenters. The SMILES string of the molecule is O=C(O[C@H](C(=O)c1ccccc1)c1ccc(Cl)cc1)c1ccc(N2C(=O)[C@H]3CC=CC[C@H]3C2=O)cc1. The van der Waals surface area contributed by atoms with E-state index in [4.69, 9.17) is 16.3 Å². The van der Waals surface area contributed by atoms with E-state index in [0.717, 1.165) is 0 Å². The number of fused-ring (bicyclic) bond motifs is 1. The monoisotopic (exact) mass is 499 g/mol. The number of allylic oxidation sites excluding steroid dienone is 2. The van der Waals surface area contributed by atoms with Crippen molar-refractivity contribution < 1.29 is 23.9 Å². The maximum Gasteiger partial charge on any atom is 0.339 e. The topological polar surface area (TPSA) is 80.8 Å². The van der Waals surface area contributed by atoms with Crippen molar-refractivity contribution in [2.45, 2.75) is 18.9 Å². The van der Waals surface area contributed by atoms with Gasteiger partial charge in [0.15, 0.2) is 6.10 Å². The molecule has 1 aliphatic carbocycles. The van der Waals surface area contributed by atoms with Crippen molar-refractivity contribution in [1.29, 1.82) is 0 Å². The van der Waals surface area contributed by atoms with Crippen LogP contribution in [0, 0.1) is 11.8 Å². The fourth-order valence-corrected chi connectivity index (χ4v) is 4.77. The molecule has 3 aromatic carbocycles. The maximum atomic E-state index is 13.2. The maximum absolute atomic E-state index is 13.2. The van der Waals surface area contributed by atoms with Crippen LogP contribution < -0.4 is 4.90 Å². The Balaban J connectivity index is 1.37. The van der Waals surface area contributed by atoms with Crippen molar-refractivity contribution in [2.75, 3.05) is 4.90 Å². The summed E-state index contributed by atoms with van der Waals surface area (Å²) >= 11 is 6.00. The van der Waals surface area contributed by atoms with Crippen molar-refractivity contribution in [2.24, 2.45) is 11.8 Å². The number of amides is 2. The number of ketones is 1. The lowest BCUT2D eigenvalue weighted by molar-refractivity contribution is -0.122. The molecule has 0 N–H and O–H groups in total. The number of benzene rings is 3. The summed E-state index contributed by atoms with van der Waals surface area (Å²) in [6, 6.07) is 21.2. The van der Waals surface area contributed by atoms with E-state index in [2.05, 4.69) is 0 Å². The van der Waals surface area contributed by atoms with Gasteiger partial charge in [0.2, 0.25) is 17.6 Å². The number of hydrogen-bond donors (Lipinski definition) is 0. The zero-order valence-electron chi connectivity index (χ0n) is 19.2. The number of halogens is 1. The molecule has 1 aliphatic heterocycles. The molecule has 180 valence electrons. The Morgan fingerprint density at radius 1 is 0.778 bits per heavy atom. The Kier molecular flexibility index (Phi) is 6.53. The summed E-state index contributed by atoms with van der Waals surface area (Å²) in [6.45, 7) is 0. The molecule has 6 nitrogen and oxygen atoms in total. The van der Waals surface area contributed by atoms with E-state index in [1.165, 1.54) is 17.0 Å². The summed E-state index contributed by atoms with van der Waals surface area (Å²) < 4.78 is 5.68. The highest BCUT2D eigenvalue weighted by molar-refractivity contribution is 6.30. The zero-order chi connectivity index (χ0) is 25.2. The lowest BCUT2D eigenvalue weighted by Gasteiger charge is -2.18. The summed E-state index contributed by atoms with van der Waals surface area (Å²) in [5, 5.41) is 0.494. The second-order valence-corrected chi connectivity index (χ2v) is 9.22. The van der Waals surface area contributed by atoms with Gasteiger partial charge in [0.1, 0.15) is 0 Å². The fourth-order valence-electron chi connectivity index (χ4n) is 4.64. The molecule has 1 heterocycles. The first kappa shape index (κ1) is 23.7. The van der Waals surface area contributed by atoms with Gasteiger partial charge in [-0.15, -0.1) is 0 Å². The highest BCUT2D eigenvalue weighted by Crippen LogP contribution is 2.37. The van der Waals surface area contributed by atoms with Crippen LogP contribution in [-0.4, -0.2) is 23.6 Å². The number of anilines is 1. The third-order valence-corrected chi connectivity index (χ3v) is 6.81.